The van der Waals surface area contributed by atoms with Crippen molar-refractivity contribution in [2.75, 3.05) is 13.2 Å². The third-order valence-corrected chi connectivity index (χ3v) is 3.20. The van der Waals surface area contributed by atoms with Gasteiger partial charge in [-0.15, -0.1) is 0 Å². The minimum atomic E-state index is -4.38. The van der Waals surface area contributed by atoms with Crippen LogP contribution < -0.4 is 5.32 Å². The topological polar surface area (TPSA) is 34.1 Å². The van der Waals surface area contributed by atoms with Crippen LogP contribution in [0.5, 0.6) is 0 Å². The molecule has 2 heterocycles. The normalized spacial score (nSPS) is 27.7. The molecule has 0 radical (unpaired) electrons. The van der Waals surface area contributed by atoms with Gasteiger partial charge in [-0.2, -0.15) is 13.2 Å². The number of hydrogen-bond donors (Lipinski definition) is 1. The smallest absolute Gasteiger partial charge is 0.375 e. The van der Waals surface area contributed by atoms with Crippen molar-refractivity contribution in [3.63, 3.8) is 0 Å². The molecule has 17 heavy (non-hydrogen) atoms. The van der Waals surface area contributed by atoms with E-state index in [0.717, 1.165) is 18.2 Å². The van der Waals surface area contributed by atoms with Gasteiger partial charge in [0.05, 0.1) is 18.8 Å². The zero-order chi connectivity index (χ0) is 12.0. The van der Waals surface area contributed by atoms with Crippen molar-refractivity contribution in [2.24, 2.45) is 0 Å². The third kappa shape index (κ3) is 1.81. The lowest BCUT2D eigenvalue weighted by Crippen LogP contribution is -2.39. The van der Waals surface area contributed by atoms with Crippen LogP contribution in [0.25, 0.3) is 0 Å². The molecule has 0 bridgehead atoms. The van der Waals surface area contributed by atoms with Crippen molar-refractivity contribution in [3.8, 4) is 0 Å². The van der Waals surface area contributed by atoms with Crippen LogP contribution in [0.15, 0.2) is 12.1 Å². The van der Waals surface area contributed by atoms with Crippen molar-refractivity contribution in [1.82, 2.24) is 10.3 Å². The molecule has 0 unspecified atom stereocenters. The lowest BCUT2D eigenvalue weighted by atomic mass is 10.1. The number of alkyl halides is 3. The lowest BCUT2D eigenvalue weighted by molar-refractivity contribution is -0.141. The molecule has 3 nitrogen and oxygen atoms in total. The second-order valence-corrected chi connectivity index (χ2v) is 4.28. The molecular weight excluding hydrogens is 233 g/mol. The average molecular weight is 244 g/mol. The van der Waals surface area contributed by atoms with Gasteiger partial charge in [0.1, 0.15) is 5.69 Å². The molecule has 1 aromatic rings. The number of pyridine rings is 1. The van der Waals surface area contributed by atoms with Gasteiger partial charge in [-0.1, -0.05) is 6.07 Å². The molecule has 1 aliphatic heterocycles. The molecule has 0 amide bonds. The fourth-order valence-corrected chi connectivity index (χ4v) is 2.45. The Morgan fingerprint density at radius 3 is 2.94 bits per heavy atom. The van der Waals surface area contributed by atoms with Crippen molar-refractivity contribution >= 4 is 0 Å². The fraction of sp³-hybridized carbons (Fsp3) is 0.545. The third-order valence-electron chi connectivity index (χ3n) is 3.20. The summed E-state index contributed by atoms with van der Waals surface area (Å²) in [5.74, 6) is 0. The van der Waals surface area contributed by atoms with Gasteiger partial charge in [0.25, 0.3) is 0 Å². The fourth-order valence-electron chi connectivity index (χ4n) is 2.45. The van der Waals surface area contributed by atoms with E-state index < -0.39 is 11.9 Å². The molecule has 1 aromatic heterocycles. The summed E-state index contributed by atoms with van der Waals surface area (Å²) >= 11 is 0. The van der Waals surface area contributed by atoms with Gasteiger partial charge in [0.15, 0.2) is 0 Å². The maximum absolute atomic E-state index is 12.5. The molecule has 3 rings (SSSR count). The van der Waals surface area contributed by atoms with E-state index in [1.54, 1.807) is 0 Å². The van der Waals surface area contributed by atoms with Gasteiger partial charge in [-0.3, -0.25) is 0 Å². The first kappa shape index (κ1) is 11.0. The Labute approximate surface area is 96.0 Å². The predicted molar refractivity (Wildman–Crippen MR) is 53.4 cm³/mol. The highest BCUT2D eigenvalue weighted by Gasteiger charge is 2.39. The van der Waals surface area contributed by atoms with Crippen LogP contribution in [0.3, 0.4) is 0 Å². The van der Waals surface area contributed by atoms with E-state index in [9.17, 15) is 13.2 Å². The number of ether oxygens (including phenoxy) is 1. The van der Waals surface area contributed by atoms with E-state index >= 15 is 0 Å². The van der Waals surface area contributed by atoms with E-state index in [1.807, 2.05) is 0 Å². The molecule has 6 heteroatoms. The first-order valence-corrected chi connectivity index (χ1v) is 5.48. The van der Waals surface area contributed by atoms with Gasteiger partial charge in [0.2, 0.25) is 0 Å². The molecule has 1 fully saturated rings. The largest absolute Gasteiger partial charge is 0.433 e. The van der Waals surface area contributed by atoms with Gasteiger partial charge in [-0.05, 0) is 11.6 Å². The van der Waals surface area contributed by atoms with Gasteiger partial charge >= 0.3 is 6.18 Å². The molecular formula is C11H11F3N2O. The number of fused-ring (bicyclic) bond motifs is 3. The Bertz CT molecular complexity index is 447. The van der Waals surface area contributed by atoms with E-state index in [4.69, 9.17) is 4.74 Å². The van der Waals surface area contributed by atoms with E-state index in [-0.39, 0.29) is 12.1 Å². The second kappa shape index (κ2) is 3.68. The van der Waals surface area contributed by atoms with E-state index in [2.05, 4.69) is 10.3 Å². The molecule has 0 spiro atoms. The lowest BCUT2D eigenvalue weighted by Gasteiger charge is -2.27. The second-order valence-electron chi connectivity index (χ2n) is 4.28. The Kier molecular flexibility index (Phi) is 2.38. The van der Waals surface area contributed by atoms with Crippen molar-refractivity contribution in [3.05, 3.63) is 29.1 Å². The molecule has 1 N–H and O–H groups in total. The summed E-state index contributed by atoms with van der Waals surface area (Å²) in [5.41, 5.74) is 0.516. The van der Waals surface area contributed by atoms with Crippen LogP contribution in [0, 0.1) is 0 Å². The molecule has 92 valence electrons. The maximum Gasteiger partial charge on any atom is 0.433 e. The summed E-state index contributed by atoms with van der Waals surface area (Å²) in [6, 6.07) is 2.54. The first-order valence-electron chi connectivity index (χ1n) is 5.48. The minimum absolute atomic E-state index is 0.00599. The summed E-state index contributed by atoms with van der Waals surface area (Å²) in [5, 5.41) is 3.25. The first-order chi connectivity index (χ1) is 8.05. The Morgan fingerprint density at radius 2 is 2.18 bits per heavy atom. The Hall–Kier alpha value is -1.14. The van der Waals surface area contributed by atoms with Gasteiger partial charge in [-0.25, -0.2) is 4.98 Å². The molecule has 0 aromatic carbocycles. The number of halogens is 3. The van der Waals surface area contributed by atoms with Crippen molar-refractivity contribution in [2.45, 2.75) is 24.7 Å². The Morgan fingerprint density at radius 1 is 1.35 bits per heavy atom. The molecule has 2 atom stereocenters. The van der Waals surface area contributed by atoms with Crippen LogP contribution >= 0.6 is 0 Å². The highest BCUT2D eigenvalue weighted by atomic mass is 19.4. The number of morpholine rings is 1. The SMILES string of the molecule is FC(F)(F)c1ccc2c(n1)C[C@H]1OCCN[C@@H]21. The number of nitrogens with one attached hydrogen (secondary N) is 1. The quantitative estimate of drug-likeness (QED) is 0.754. The summed E-state index contributed by atoms with van der Waals surface area (Å²) in [4.78, 5) is 3.70. The molecule has 1 aliphatic carbocycles. The standard InChI is InChI=1S/C11H11F3N2O/c12-11(13,14)9-2-1-6-7(16-9)5-8-10(6)15-3-4-17-8/h1-2,8,10,15H,3-5H2/t8-,10+/m1/s1. The van der Waals surface area contributed by atoms with Crippen molar-refractivity contribution < 1.29 is 17.9 Å². The van der Waals surface area contributed by atoms with Crippen LogP contribution in [0.1, 0.15) is 23.0 Å². The molecule has 0 saturated carbocycles. The molecule has 1 saturated heterocycles. The van der Waals surface area contributed by atoms with Gasteiger partial charge < -0.3 is 10.1 Å². The van der Waals surface area contributed by atoms with E-state index in [0.29, 0.717) is 18.7 Å². The number of rotatable bonds is 0. The number of hydrogen-bond acceptors (Lipinski definition) is 3. The average Bonchev–Trinajstić information content (AvgIpc) is 2.65. The van der Waals surface area contributed by atoms with Crippen LogP contribution in [-0.2, 0) is 17.3 Å². The monoisotopic (exact) mass is 244 g/mol. The van der Waals surface area contributed by atoms with Crippen molar-refractivity contribution in [1.29, 1.82) is 0 Å². The zero-order valence-corrected chi connectivity index (χ0v) is 8.92. The van der Waals surface area contributed by atoms with Crippen LogP contribution in [0.4, 0.5) is 13.2 Å². The summed E-state index contributed by atoms with van der Waals surface area (Å²) < 4.78 is 43.1. The summed E-state index contributed by atoms with van der Waals surface area (Å²) in [7, 11) is 0. The highest BCUT2D eigenvalue weighted by molar-refractivity contribution is 5.34. The number of aromatic nitrogens is 1. The predicted octanol–water partition coefficient (Wildman–Crippen LogP) is 1.69. The summed E-state index contributed by atoms with van der Waals surface area (Å²) in [6.45, 7) is 1.32. The zero-order valence-electron chi connectivity index (χ0n) is 8.92. The van der Waals surface area contributed by atoms with Crippen LogP contribution in [-0.4, -0.2) is 24.2 Å². The van der Waals surface area contributed by atoms with Crippen LogP contribution in [0.2, 0.25) is 0 Å². The van der Waals surface area contributed by atoms with Gasteiger partial charge in [0, 0.05) is 18.7 Å². The summed E-state index contributed by atoms with van der Waals surface area (Å²) in [6.07, 6.45) is -4.00. The van der Waals surface area contributed by atoms with E-state index in [1.165, 1.54) is 6.07 Å². The highest BCUT2D eigenvalue weighted by Crippen LogP contribution is 2.36. The maximum atomic E-state index is 12.5. The molecule has 2 aliphatic rings. The Balaban J connectivity index is 1.97. The minimum Gasteiger partial charge on any atom is -0.375 e. The number of nitrogens with zero attached hydrogens (tertiary/aromatic N) is 1.